The van der Waals surface area contributed by atoms with Crippen LogP contribution in [0, 0.1) is 0 Å². The van der Waals surface area contributed by atoms with Crippen molar-refractivity contribution in [1.29, 1.82) is 0 Å². The Kier molecular flexibility index (Phi) is 1.86. The molecule has 2 aromatic heterocycles. The van der Waals surface area contributed by atoms with E-state index < -0.39 is 0 Å². The molecule has 2 nitrogen and oxygen atoms in total. The summed E-state index contributed by atoms with van der Waals surface area (Å²) in [5, 5.41) is 2.34. The Morgan fingerprint density at radius 1 is 0.778 bits per heavy atom. The van der Waals surface area contributed by atoms with E-state index >= 15 is 0 Å². The Balaban J connectivity index is 2.07. The maximum Gasteiger partial charge on any atom is 0.135 e. The number of hydrogen-bond acceptors (Lipinski definition) is 1. The minimum absolute atomic E-state index is 0.940. The van der Waals surface area contributed by atoms with Crippen LogP contribution >= 0.6 is 0 Å². The Hall–Kier alpha value is -2.48. The highest BCUT2D eigenvalue weighted by Gasteiger charge is 2.07. The lowest BCUT2D eigenvalue weighted by atomic mass is 10.1. The SMILES string of the molecule is c1ccc2c(c1)oc1ccc(-c3cc[nH]c3)cc12. The molecule has 4 aromatic rings. The number of rotatable bonds is 1. The Morgan fingerprint density at radius 2 is 1.67 bits per heavy atom. The predicted octanol–water partition coefficient (Wildman–Crippen LogP) is 4.58. The van der Waals surface area contributed by atoms with Crippen LogP contribution in [-0.2, 0) is 0 Å². The van der Waals surface area contributed by atoms with Crippen LogP contribution in [0.1, 0.15) is 0 Å². The van der Waals surface area contributed by atoms with Gasteiger partial charge in [-0.2, -0.15) is 0 Å². The van der Waals surface area contributed by atoms with Crippen molar-refractivity contribution in [2.45, 2.75) is 0 Å². The van der Waals surface area contributed by atoms with E-state index in [2.05, 4.69) is 29.2 Å². The quantitative estimate of drug-likeness (QED) is 0.512. The molecule has 0 aliphatic heterocycles. The van der Waals surface area contributed by atoms with Crippen LogP contribution in [-0.4, -0.2) is 4.98 Å². The average molecular weight is 233 g/mol. The highest BCUT2D eigenvalue weighted by Crippen LogP contribution is 2.31. The maximum atomic E-state index is 5.82. The van der Waals surface area contributed by atoms with Gasteiger partial charge in [0.05, 0.1) is 0 Å². The second-order valence-electron chi connectivity index (χ2n) is 4.41. The third-order valence-electron chi connectivity index (χ3n) is 3.31. The standard InChI is InChI=1S/C16H11NO/c1-2-4-15-13(3-1)14-9-11(5-6-16(14)18-15)12-7-8-17-10-12/h1-10,17H. The van der Waals surface area contributed by atoms with Crippen molar-refractivity contribution in [1.82, 2.24) is 4.98 Å². The molecule has 18 heavy (non-hydrogen) atoms. The highest BCUT2D eigenvalue weighted by atomic mass is 16.3. The fourth-order valence-electron chi connectivity index (χ4n) is 2.41. The number of H-pyrrole nitrogens is 1. The lowest BCUT2D eigenvalue weighted by Gasteiger charge is -1.97. The van der Waals surface area contributed by atoms with Crippen LogP contribution in [0.2, 0.25) is 0 Å². The van der Waals surface area contributed by atoms with Gasteiger partial charge in [-0.1, -0.05) is 24.3 Å². The van der Waals surface area contributed by atoms with E-state index in [9.17, 15) is 0 Å². The van der Waals surface area contributed by atoms with E-state index in [1.165, 1.54) is 21.9 Å². The van der Waals surface area contributed by atoms with Crippen LogP contribution < -0.4 is 0 Å². The molecule has 0 saturated carbocycles. The van der Waals surface area contributed by atoms with Crippen molar-refractivity contribution in [3.63, 3.8) is 0 Å². The van der Waals surface area contributed by atoms with Gasteiger partial charge in [0.2, 0.25) is 0 Å². The zero-order valence-corrected chi connectivity index (χ0v) is 9.68. The normalized spacial score (nSPS) is 11.3. The second-order valence-corrected chi connectivity index (χ2v) is 4.41. The van der Waals surface area contributed by atoms with Gasteiger partial charge in [-0.15, -0.1) is 0 Å². The van der Waals surface area contributed by atoms with E-state index in [4.69, 9.17) is 4.42 Å². The van der Waals surface area contributed by atoms with Gasteiger partial charge < -0.3 is 9.40 Å². The first-order valence-corrected chi connectivity index (χ1v) is 5.96. The number of para-hydroxylation sites is 1. The number of aromatic nitrogens is 1. The Labute approximate surface area is 104 Å². The van der Waals surface area contributed by atoms with Gasteiger partial charge in [-0.05, 0) is 35.4 Å². The zero-order chi connectivity index (χ0) is 11.9. The fraction of sp³-hybridized carbons (Fsp3) is 0. The summed E-state index contributed by atoms with van der Waals surface area (Å²) in [6, 6.07) is 16.5. The van der Waals surface area contributed by atoms with E-state index in [1.54, 1.807) is 0 Å². The number of nitrogens with one attached hydrogen (secondary N) is 1. The van der Waals surface area contributed by atoms with E-state index in [-0.39, 0.29) is 0 Å². The molecule has 0 fully saturated rings. The molecule has 2 heterocycles. The summed E-state index contributed by atoms with van der Waals surface area (Å²) in [6.45, 7) is 0. The van der Waals surface area contributed by atoms with Crippen molar-refractivity contribution < 1.29 is 4.42 Å². The third kappa shape index (κ3) is 1.29. The lowest BCUT2D eigenvalue weighted by molar-refractivity contribution is 0.669. The van der Waals surface area contributed by atoms with Gasteiger partial charge in [-0.3, -0.25) is 0 Å². The van der Waals surface area contributed by atoms with Crippen molar-refractivity contribution in [2.75, 3.05) is 0 Å². The lowest BCUT2D eigenvalue weighted by Crippen LogP contribution is -1.73. The van der Waals surface area contributed by atoms with Gasteiger partial charge >= 0.3 is 0 Å². The van der Waals surface area contributed by atoms with E-state index in [1.807, 2.05) is 36.7 Å². The summed E-state index contributed by atoms with van der Waals surface area (Å²) in [5.41, 5.74) is 4.28. The smallest absolute Gasteiger partial charge is 0.135 e. The summed E-state index contributed by atoms with van der Waals surface area (Å²) in [4.78, 5) is 3.08. The molecule has 86 valence electrons. The largest absolute Gasteiger partial charge is 0.456 e. The molecular formula is C16H11NO. The molecule has 0 saturated heterocycles. The number of furan rings is 1. The molecule has 0 radical (unpaired) electrons. The molecule has 0 amide bonds. The van der Waals surface area contributed by atoms with Gasteiger partial charge in [0.1, 0.15) is 11.2 Å². The van der Waals surface area contributed by atoms with Crippen LogP contribution in [0.25, 0.3) is 33.1 Å². The monoisotopic (exact) mass is 233 g/mol. The first-order valence-electron chi connectivity index (χ1n) is 5.96. The van der Waals surface area contributed by atoms with Crippen molar-refractivity contribution >= 4 is 21.9 Å². The molecule has 0 aliphatic rings. The molecule has 0 aliphatic carbocycles. The summed E-state index contributed by atoms with van der Waals surface area (Å²) < 4.78 is 5.82. The second kappa shape index (κ2) is 3.50. The van der Waals surface area contributed by atoms with Crippen LogP contribution in [0.5, 0.6) is 0 Å². The highest BCUT2D eigenvalue weighted by molar-refractivity contribution is 6.06. The van der Waals surface area contributed by atoms with Crippen molar-refractivity contribution in [3.8, 4) is 11.1 Å². The van der Waals surface area contributed by atoms with Gasteiger partial charge in [-0.25, -0.2) is 0 Å². The molecule has 0 unspecified atom stereocenters. The van der Waals surface area contributed by atoms with Crippen molar-refractivity contribution in [2.24, 2.45) is 0 Å². The van der Waals surface area contributed by atoms with Gasteiger partial charge in [0.15, 0.2) is 0 Å². The summed E-state index contributed by atoms with van der Waals surface area (Å²) in [5.74, 6) is 0. The van der Waals surface area contributed by atoms with Crippen molar-refractivity contribution in [3.05, 3.63) is 60.9 Å². The summed E-state index contributed by atoms with van der Waals surface area (Å²) >= 11 is 0. The molecule has 4 rings (SSSR count). The molecular weight excluding hydrogens is 222 g/mol. The number of benzene rings is 2. The number of hydrogen-bond donors (Lipinski definition) is 1. The molecule has 0 bridgehead atoms. The predicted molar refractivity (Wildman–Crippen MR) is 73.5 cm³/mol. The first-order chi connectivity index (χ1) is 8.92. The number of aromatic amines is 1. The summed E-state index contributed by atoms with van der Waals surface area (Å²) in [7, 11) is 0. The zero-order valence-electron chi connectivity index (χ0n) is 9.68. The van der Waals surface area contributed by atoms with Crippen LogP contribution in [0.4, 0.5) is 0 Å². The van der Waals surface area contributed by atoms with Gasteiger partial charge in [0, 0.05) is 23.2 Å². The fourth-order valence-corrected chi connectivity index (χ4v) is 2.41. The molecule has 2 aromatic carbocycles. The molecule has 1 N–H and O–H groups in total. The molecule has 0 atom stereocenters. The minimum atomic E-state index is 0.940. The number of fused-ring (bicyclic) bond motifs is 3. The van der Waals surface area contributed by atoms with Gasteiger partial charge in [0.25, 0.3) is 0 Å². The maximum absolute atomic E-state index is 5.82. The molecule has 2 heteroatoms. The Bertz CT molecular complexity index is 825. The van der Waals surface area contributed by atoms with E-state index in [0.717, 1.165) is 11.2 Å². The van der Waals surface area contributed by atoms with Crippen LogP contribution in [0.3, 0.4) is 0 Å². The summed E-state index contributed by atoms with van der Waals surface area (Å²) in [6.07, 6.45) is 3.94. The third-order valence-corrected chi connectivity index (χ3v) is 3.31. The Morgan fingerprint density at radius 3 is 2.56 bits per heavy atom. The molecule has 0 spiro atoms. The minimum Gasteiger partial charge on any atom is -0.456 e. The van der Waals surface area contributed by atoms with Crippen LogP contribution in [0.15, 0.2) is 65.3 Å². The first kappa shape index (κ1) is 9.54. The van der Waals surface area contributed by atoms with E-state index in [0.29, 0.717) is 0 Å². The average Bonchev–Trinajstić information content (AvgIpc) is 3.05. The topological polar surface area (TPSA) is 28.9 Å².